The van der Waals surface area contributed by atoms with Gasteiger partial charge in [0.25, 0.3) is 0 Å². The lowest BCUT2D eigenvalue weighted by molar-refractivity contribution is -0.145. The number of aliphatic hydroxyl groups excluding tert-OH is 2. The van der Waals surface area contributed by atoms with E-state index in [0.29, 0.717) is 6.61 Å². The molecule has 4 heteroatoms. The Labute approximate surface area is 77.8 Å². The van der Waals surface area contributed by atoms with Gasteiger partial charge in [0.05, 0.1) is 25.2 Å². The van der Waals surface area contributed by atoms with E-state index in [1.807, 2.05) is 0 Å². The van der Waals surface area contributed by atoms with Gasteiger partial charge in [-0.1, -0.05) is 6.08 Å². The van der Waals surface area contributed by atoms with Crippen LogP contribution in [0.3, 0.4) is 0 Å². The molecule has 0 aliphatic rings. The molecule has 0 saturated heterocycles. The second kappa shape index (κ2) is 6.62. The maximum absolute atomic E-state index is 10.8. The highest BCUT2D eigenvalue weighted by atomic mass is 16.5. The van der Waals surface area contributed by atoms with Crippen molar-refractivity contribution in [2.24, 2.45) is 0 Å². The number of rotatable bonds is 6. The number of carbonyl (C=O) groups excluding carboxylic acids is 1. The summed E-state index contributed by atoms with van der Waals surface area (Å²) in [5, 5.41) is 18.3. The Morgan fingerprint density at radius 1 is 1.62 bits per heavy atom. The highest BCUT2D eigenvalue weighted by Gasteiger charge is 2.14. The zero-order chi connectivity index (χ0) is 10.3. The van der Waals surface area contributed by atoms with Gasteiger partial charge in [0, 0.05) is 6.42 Å². The summed E-state index contributed by atoms with van der Waals surface area (Å²) in [6.45, 7) is 5.35. The summed E-state index contributed by atoms with van der Waals surface area (Å²) in [5.74, 6) is -0.453. The lowest BCUT2D eigenvalue weighted by atomic mass is 10.1. The molecule has 0 rings (SSSR count). The standard InChI is InChI=1S/C9H16O4/c1-3-7(10)5-8(11)6-9(12)13-4-2/h3,7-8,10-11H,1,4-6H2,2H3/t7-,8-/m0/s1. The molecule has 2 atom stereocenters. The van der Waals surface area contributed by atoms with E-state index in [9.17, 15) is 9.90 Å². The first-order valence-electron chi connectivity index (χ1n) is 4.24. The van der Waals surface area contributed by atoms with Crippen LogP contribution in [0.5, 0.6) is 0 Å². The summed E-state index contributed by atoms with van der Waals surface area (Å²) < 4.78 is 4.62. The van der Waals surface area contributed by atoms with Gasteiger partial charge in [-0.15, -0.1) is 6.58 Å². The third-order valence-electron chi connectivity index (χ3n) is 1.49. The summed E-state index contributed by atoms with van der Waals surface area (Å²) in [5.41, 5.74) is 0. The molecule has 0 aromatic rings. The number of carbonyl (C=O) groups is 1. The summed E-state index contributed by atoms with van der Waals surface area (Å²) in [6.07, 6.45) is -0.299. The average molecular weight is 188 g/mol. The van der Waals surface area contributed by atoms with Crippen LogP contribution in [0.25, 0.3) is 0 Å². The monoisotopic (exact) mass is 188 g/mol. The van der Waals surface area contributed by atoms with Crippen molar-refractivity contribution < 1.29 is 19.7 Å². The minimum atomic E-state index is -0.868. The van der Waals surface area contributed by atoms with Crippen LogP contribution in [-0.4, -0.2) is 35.0 Å². The van der Waals surface area contributed by atoms with E-state index in [1.54, 1.807) is 6.92 Å². The fourth-order valence-electron chi connectivity index (χ4n) is 0.871. The van der Waals surface area contributed by atoms with Gasteiger partial charge in [0.1, 0.15) is 0 Å². The van der Waals surface area contributed by atoms with Crippen LogP contribution in [-0.2, 0) is 9.53 Å². The van der Waals surface area contributed by atoms with E-state index in [-0.39, 0.29) is 12.8 Å². The van der Waals surface area contributed by atoms with Crippen molar-refractivity contribution >= 4 is 5.97 Å². The van der Waals surface area contributed by atoms with Crippen LogP contribution in [0.1, 0.15) is 19.8 Å². The van der Waals surface area contributed by atoms with E-state index in [0.717, 1.165) is 0 Å². The van der Waals surface area contributed by atoms with Crippen molar-refractivity contribution in [3.8, 4) is 0 Å². The minimum Gasteiger partial charge on any atom is -0.466 e. The van der Waals surface area contributed by atoms with E-state index in [1.165, 1.54) is 6.08 Å². The molecule has 0 saturated carbocycles. The Morgan fingerprint density at radius 3 is 2.69 bits per heavy atom. The molecule has 0 heterocycles. The molecule has 0 aliphatic carbocycles. The predicted molar refractivity (Wildman–Crippen MR) is 48.1 cm³/mol. The molecule has 0 unspecified atom stereocenters. The molecule has 0 radical (unpaired) electrons. The maximum atomic E-state index is 10.8. The summed E-state index contributed by atoms with van der Waals surface area (Å²) in [6, 6.07) is 0. The lowest BCUT2D eigenvalue weighted by Gasteiger charge is -2.11. The van der Waals surface area contributed by atoms with Crippen LogP contribution >= 0.6 is 0 Å². The Hall–Kier alpha value is -0.870. The Morgan fingerprint density at radius 2 is 2.23 bits per heavy atom. The topological polar surface area (TPSA) is 66.8 Å². The summed E-state index contributed by atoms with van der Waals surface area (Å²) in [4.78, 5) is 10.8. The highest BCUT2D eigenvalue weighted by Crippen LogP contribution is 2.04. The molecule has 4 nitrogen and oxygen atoms in total. The van der Waals surface area contributed by atoms with Gasteiger partial charge >= 0.3 is 5.97 Å². The van der Waals surface area contributed by atoms with E-state index >= 15 is 0 Å². The molecule has 0 aromatic heterocycles. The normalized spacial score (nSPS) is 14.7. The van der Waals surface area contributed by atoms with Gasteiger partial charge < -0.3 is 14.9 Å². The fraction of sp³-hybridized carbons (Fsp3) is 0.667. The van der Waals surface area contributed by atoms with Crippen LogP contribution < -0.4 is 0 Å². The van der Waals surface area contributed by atoms with Gasteiger partial charge in [-0.3, -0.25) is 4.79 Å². The van der Waals surface area contributed by atoms with Crippen molar-refractivity contribution in [2.75, 3.05) is 6.61 Å². The maximum Gasteiger partial charge on any atom is 0.308 e. The van der Waals surface area contributed by atoms with Crippen molar-refractivity contribution in [1.29, 1.82) is 0 Å². The van der Waals surface area contributed by atoms with Crippen LogP contribution in [0.4, 0.5) is 0 Å². The Kier molecular flexibility index (Phi) is 6.18. The third-order valence-corrected chi connectivity index (χ3v) is 1.49. The first-order valence-corrected chi connectivity index (χ1v) is 4.24. The second-order valence-electron chi connectivity index (χ2n) is 2.70. The first-order chi connectivity index (χ1) is 6.10. The molecule has 0 aromatic carbocycles. The SMILES string of the molecule is C=C[C@H](O)C[C@H](O)CC(=O)OCC. The lowest BCUT2D eigenvalue weighted by Crippen LogP contribution is -2.20. The zero-order valence-corrected chi connectivity index (χ0v) is 7.77. The number of hydrogen-bond acceptors (Lipinski definition) is 4. The highest BCUT2D eigenvalue weighted by molar-refractivity contribution is 5.69. The van der Waals surface area contributed by atoms with Crippen molar-refractivity contribution in [2.45, 2.75) is 32.0 Å². The van der Waals surface area contributed by atoms with Gasteiger partial charge in [0.15, 0.2) is 0 Å². The number of aliphatic hydroxyl groups is 2. The van der Waals surface area contributed by atoms with Gasteiger partial charge in [-0.2, -0.15) is 0 Å². The molecule has 0 bridgehead atoms. The largest absolute Gasteiger partial charge is 0.466 e. The fourth-order valence-corrected chi connectivity index (χ4v) is 0.871. The van der Waals surface area contributed by atoms with E-state index in [2.05, 4.69) is 11.3 Å². The third kappa shape index (κ3) is 6.31. The predicted octanol–water partition coefficient (Wildman–Crippen LogP) is 0.238. The quantitative estimate of drug-likeness (QED) is 0.463. The van der Waals surface area contributed by atoms with E-state index in [4.69, 9.17) is 5.11 Å². The van der Waals surface area contributed by atoms with Crippen molar-refractivity contribution in [3.63, 3.8) is 0 Å². The molecule has 0 fully saturated rings. The van der Waals surface area contributed by atoms with Crippen LogP contribution in [0, 0.1) is 0 Å². The molecular formula is C9H16O4. The van der Waals surface area contributed by atoms with E-state index < -0.39 is 18.2 Å². The van der Waals surface area contributed by atoms with Gasteiger partial charge in [-0.25, -0.2) is 0 Å². The smallest absolute Gasteiger partial charge is 0.308 e. The molecule has 76 valence electrons. The molecule has 2 N–H and O–H groups in total. The van der Waals surface area contributed by atoms with Crippen LogP contribution in [0.2, 0.25) is 0 Å². The van der Waals surface area contributed by atoms with Crippen molar-refractivity contribution in [1.82, 2.24) is 0 Å². The summed E-state index contributed by atoms with van der Waals surface area (Å²) in [7, 11) is 0. The minimum absolute atomic E-state index is 0.0846. The number of esters is 1. The zero-order valence-electron chi connectivity index (χ0n) is 7.77. The molecule has 0 spiro atoms. The molecule has 0 aliphatic heterocycles. The molecule has 13 heavy (non-hydrogen) atoms. The Balaban J connectivity index is 3.66. The van der Waals surface area contributed by atoms with Crippen molar-refractivity contribution in [3.05, 3.63) is 12.7 Å². The number of hydrogen-bond donors (Lipinski definition) is 2. The van der Waals surface area contributed by atoms with Gasteiger partial charge in [0.2, 0.25) is 0 Å². The molecule has 0 amide bonds. The average Bonchev–Trinajstić information content (AvgIpc) is 2.04. The second-order valence-corrected chi connectivity index (χ2v) is 2.70. The molecular weight excluding hydrogens is 172 g/mol. The summed E-state index contributed by atoms with van der Waals surface area (Å²) >= 11 is 0. The number of ether oxygens (including phenoxy) is 1. The van der Waals surface area contributed by atoms with Gasteiger partial charge in [-0.05, 0) is 6.92 Å². The van der Waals surface area contributed by atoms with Crippen LogP contribution in [0.15, 0.2) is 12.7 Å². The first kappa shape index (κ1) is 12.1. The Bertz CT molecular complexity index is 167.